The van der Waals surface area contributed by atoms with Gasteiger partial charge >= 0.3 is 0 Å². The first-order valence-electron chi connectivity index (χ1n) is 5.66. The van der Waals surface area contributed by atoms with Crippen LogP contribution in [0.15, 0.2) is 35.1 Å². The maximum atomic E-state index is 11.1. The summed E-state index contributed by atoms with van der Waals surface area (Å²) < 4.78 is 5.58. The predicted octanol–water partition coefficient (Wildman–Crippen LogP) is 1.64. The van der Waals surface area contributed by atoms with Gasteiger partial charge < -0.3 is 15.5 Å². The number of rotatable bonds is 4. The van der Waals surface area contributed by atoms with Crippen LogP contribution in [0.4, 0.5) is 0 Å². The van der Waals surface area contributed by atoms with Crippen molar-refractivity contribution in [2.45, 2.75) is 19.4 Å². The highest BCUT2D eigenvalue weighted by atomic mass is 16.5. The lowest BCUT2D eigenvalue weighted by atomic mass is 10.2. The number of aromatic nitrogens is 1. The lowest BCUT2D eigenvalue weighted by molar-refractivity contribution is 0.301. The molecule has 1 aromatic carbocycles. The van der Waals surface area contributed by atoms with E-state index in [9.17, 15) is 4.79 Å². The summed E-state index contributed by atoms with van der Waals surface area (Å²) in [5, 5.41) is 0.961. The number of fused-ring (bicyclic) bond motifs is 1. The zero-order valence-corrected chi connectivity index (χ0v) is 9.77. The number of nitrogens with one attached hydrogen (secondary N) is 1. The number of ether oxygens (including phenoxy) is 1. The average molecular weight is 232 g/mol. The molecule has 0 bridgehead atoms. The van der Waals surface area contributed by atoms with Crippen LogP contribution in [-0.2, 0) is 0 Å². The van der Waals surface area contributed by atoms with E-state index in [1.165, 1.54) is 6.07 Å². The number of H-pyrrole nitrogens is 1. The second kappa shape index (κ2) is 5.01. The zero-order valence-electron chi connectivity index (χ0n) is 9.77. The van der Waals surface area contributed by atoms with Gasteiger partial charge in [0.2, 0.25) is 5.56 Å². The van der Waals surface area contributed by atoms with Gasteiger partial charge in [-0.15, -0.1) is 0 Å². The smallest absolute Gasteiger partial charge is 0.248 e. The van der Waals surface area contributed by atoms with Crippen LogP contribution in [-0.4, -0.2) is 17.6 Å². The Morgan fingerprint density at radius 2 is 2.18 bits per heavy atom. The molecule has 0 amide bonds. The summed E-state index contributed by atoms with van der Waals surface area (Å²) in [6.07, 6.45) is 0.823. The highest BCUT2D eigenvalue weighted by molar-refractivity contribution is 5.79. The van der Waals surface area contributed by atoms with Crippen molar-refractivity contribution in [1.29, 1.82) is 0 Å². The summed E-state index contributed by atoms with van der Waals surface area (Å²) in [5.41, 5.74) is 6.37. The fourth-order valence-corrected chi connectivity index (χ4v) is 1.58. The molecule has 3 N–H and O–H groups in total. The van der Waals surface area contributed by atoms with Gasteiger partial charge in [0, 0.05) is 23.0 Å². The molecule has 0 saturated carbocycles. The quantitative estimate of drug-likeness (QED) is 0.842. The standard InChI is InChI=1S/C13H16N2O2/c1-9(14)6-7-17-11-3-4-12-10(8-11)2-5-13(16)15-12/h2-5,8-9H,6-7,14H2,1H3,(H,15,16). The molecular formula is C13H16N2O2. The Morgan fingerprint density at radius 1 is 1.35 bits per heavy atom. The van der Waals surface area contributed by atoms with Crippen molar-refractivity contribution in [2.75, 3.05) is 6.61 Å². The van der Waals surface area contributed by atoms with Gasteiger partial charge in [-0.1, -0.05) is 0 Å². The van der Waals surface area contributed by atoms with Crippen molar-refractivity contribution in [3.8, 4) is 5.75 Å². The molecule has 0 aliphatic rings. The van der Waals surface area contributed by atoms with Gasteiger partial charge in [0.25, 0.3) is 0 Å². The summed E-state index contributed by atoms with van der Waals surface area (Å²) in [4.78, 5) is 13.9. The average Bonchev–Trinajstić information content (AvgIpc) is 2.29. The summed E-state index contributed by atoms with van der Waals surface area (Å²) >= 11 is 0. The molecule has 1 heterocycles. The summed E-state index contributed by atoms with van der Waals surface area (Å²) in [6, 6.07) is 9.04. The molecule has 0 saturated heterocycles. The van der Waals surface area contributed by atoms with Crippen LogP contribution in [0.1, 0.15) is 13.3 Å². The third kappa shape index (κ3) is 3.07. The Hall–Kier alpha value is -1.81. The van der Waals surface area contributed by atoms with E-state index in [1.54, 1.807) is 6.07 Å². The maximum Gasteiger partial charge on any atom is 0.248 e. The second-order valence-electron chi connectivity index (χ2n) is 4.19. The fraction of sp³-hybridized carbons (Fsp3) is 0.308. The molecule has 0 aliphatic carbocycles. The molecule has 1 atom stereocenters. The molecule has 2 aromatic rings. The molecule has 0 spiro atoms. The lowest BCUT2D eigenvalue weighted by Gasteiger charge is -2.08. The molecular weight excluding hydrogens is 216 g/mol. The van der Waals surface area contributed by atoms with Crippen LogP contribution in [0.2, 0.25) is 0 Å². The summed E-state index contributed by atoms with van der Waals surface area (Å²) in [6.45, 7) is 2.56. The van der Waals surface area contributed by atoms with Crippen LogP contribution in [0.3, 0.4) is 0 Å². The Balaban J connectivity index is 2.15. The normalized spacial score (nSPS) is 12.6. The Labute approximate surface area is 99.4 Å². The van der Waals surface area contributed by atoms with Gasteiger partial charge in [0.05, 0.1) is 6.61 Å². The van der Waals surface area contributed by atoms with Crippen molar-refractivity contribution in [3.05, 3.63) is 40.7 Å². The monoisotopic (exact) mass is 232 g/mol. The van der Waals surface area contributed by atoms with Crippen LogP contribution in [0.5, 0.6) is 5.75 Å². The number of benzene rings is 1. The Kier molecular flexibility index (Phi) is 3.44. The lowest BCUT2D eigenvalue weighted by Crippen LogP contribution is -2.18. The topological polar surface area (TPSA) is 68.1 Å². The van der Waals surface area contributed by atoms with Crippen molar-refractivity contribution in [1.82, 2.24) is 4.98 Å². The molecule has 17 heavy (non-hydrogen) atoms. The van der Waals surface area contributed by atoms with Crippen LogP contribution >= 0.6 is 0 Å². The first kappa shape index (κ1) is 11.7. The van der Waals surface area contributed by atoms with Gasteiger partial charge in [0.1, 0.15) is 5.75 Å². The minimum Gasteiger partial charge on any atom is -0.494 e. The summed E-state index contributed by atoms with van der Waals surface area (Å²) in [7, 11) is 0. The summed E-state index contributed by atoms with van der Waals surface area (Å²) in [5.74, 6) is 0.796. The first-order chi connectivity index (χ1) is 8.15. The van der Waals surface area contributed by atoms with E-state index in [4.69, 9.17) is 10.5 Å². The highest BCUT2D eigenvalue weighted by Crippen LogP contribution is 2.18. The molecule has 2 rings (SSSR count). The van der Waals surface area contributed by atoms with Crippen LogP contribution in [0, 0.1) is 0 Å². The molecule has 4 heteroatoms. The highest BCUT2D eigenvalue weighted by Gasteiger charge is 1.99. The van der Waals surface area contributed by atoms with Crippen molar-refractivity contribution < 1.29 is 4.74 Å². The number of hydrogen-bond acceptors (Lipinski definition) is 3. The Bertz CT molecular complexity index is 561. The van der Waals surface area contributed by atoms with Crippen molar-refractivity contribution in [3.63, 3.8) is 0 Å². The van der Waals surface area contributed by atoms with E-state index in [0.717, 1.165) is 23.1 Å². The minimum absolute atomic E-state index is 0.0943. The molecule has 1 aromatic heterocycles. The molecule has 0 radical (unpaired) electrons. The van der Waals surface area contributed by atoms with Gasteiger partial charge in [-0.05, 0) is 37.6 Å². The van der Waals surface area contributed by atoms with Gasteiger partial charge in [-0.2, -0.15) is 0 Å². The van der Waals surface area contributed by atoms with Crippen LogP contribution in [0.25, 0.3) is 10.9 Å². The Morgan fingerprint density at radius 3 is 2.94 bits per heavy atom. The number of nitrogens with two attached hydrogens (primary N) is 1. The van der Waals surface area contributed by atoms with E-state index < -0.39 is 0 Å². The van der Waals surface area contributed by atoms with Crippen molar-refractivity contribution in [2.24, 2.45) is 5.73 Å². The van der Waals surface area contributed by atoms with E-state index in [-0.39, 0.29) is 11.6 Å². The van der Waals surface area contributed by atoms with Gasteiger partial charge in [0.15, 0.2) is 0 Å². The second-order valence-corrected chi connectivity index (χ2v) is 4.19. The third-order valence-electron chi connectivity index (χ3n) is 2.54. The zero-order chi connectivity index (χ0) is 12.3. The van der Waals surface area contributed by atoms with Gasteiger partial charge in [-0.25, -0.2) is 0 Å². The van der Waals surface area contributed by atoms with E-state index in [2.05, 4.69) is 4.98 Å². The largest absolute Gasteiger partial charge is 0.494 e. The molecule has 4 nitrogen and oxygen atoms in total. The molecule has 90 valence electrons. The minimum atomic E-state index is -0.0943. The number of pyridine rings is 1. The number of aromatic amines is 1. The first-order valence-corrected chi connectivity index (χ1v) is 5.66. The molecule has 0 aliphatic heterocycles. The van der Waals surface area contributed by atoms with Gasteiger partial charge in [-0.3, -0.25) is 4.79 Å². The molecule has 1 unspecified atom stereocenters. The van der Waals surface area contributed by atoms with Crippen LogP contribution < -0.4 is 16.0 Å². The SMILES string of the molecule is CC(N)CCOc1ccc2[nH]c(=O)ccc2c1. The third-order valence-corrected chi connectivity index (χ3v) is 2.54. The van der Waals surface area contributed by atoms with Crippen molar-refractivity contribution >= 4 is 10.9 Å². The fourth-order valence-electron chi connectivity index (χ4n) is 1.58. The van der Waals surface area contributed by atoms with E-state index >= 15 is 0 Å². The molecule has 0 fully saturated rings. The maximum absolute atomic E-state index is 11.1. The predicted molar refractivity (Wildman–Crippen MR) is 68.3 cm³/mol. The number of hydrogen-bond donors (Lipinski definition) is 2. The van der Waals surface area contributed by atoms with E-state index in [0.29, 0.717) is 6.61 Å². The van der Waals surface area contributed by atoms with E-state index in [1.807, 2.05) is 25.1 Å².